The number of aliphatic hydroxyl groups excluding tert-OH is 1. The summed E-state index contributed by atoms with van der Waals surface area (Å²) in [6.07, 6.45) is -0.684. The van der Waals surface area contributed by atoms with Gasteiger partial charge in [0.15, 0.2) is 0 Å². The van der Waals surface area contributed by atoms with E-state index in [1.54, 1.807) is 18.2 Å². The molecular weight excluding hydrogens is 265 g/mol. The SMILES string of the molecule is CCONCC(O)COc1cc(Cl)ccc1Cl. The Bertz CT molecular complexity index is 349. The summed E-state index contributed by atoms with van der Waals surface area (Å²) in [5.74, 6) is 0.453. The average Bonchev–Trinajstić information content (AvgIpc) is 2.31. The number of hydrogen-bond acceptors (Lipinski definition) is 4. The van der Waals surface area contributed by atoms with Gasteiger partial charge in [-0.1, -0.05) is 23.2 Å². The standard InChI is InChI=1S/C11H15Cl2NO3/c1-2-17-14-6-9(15)7-16-11-5-8(12)3-4-10(11)13/h3-5,9,14-15H,2,6-7H2,1H3. The van der Waals surface area contributed by atoms with Crippen molar-refractivity contribution in [2.24, 2.45) is 0 Å². The first-order chi connectivity index (χ1) is 8.13. The summed E-state index contributed by atoms with van der Waals surface area (Å²) >= 11 is 11.7. The van der Waals surface area contributed by atoms with Crippen molar-refractivity contribution in [2.45, 2.75) is 13.0 Å². The number of rotatable bonds is 7. The first kappa shape index (κ1) is 14.5. The van der Waals surface area contributed by atoms with E-state index in [1.807, 2.05) is 6.92 Å². The van der Waals surface area contributed by atoms with Crippen molar-refractivity contribution in [3.05, 3.63) is 28.2 Å². The fraction of sp³-hybridized carbons (Fsp3) is 0.455. The maximum absolute atomic E-state index is 9.55. The quantitative estimate of drug-likeness (QED) is 0.594. The van der Waals surface area contributed by atoms with Crippen molar-refractivity contribution in [3.63, 3.8) is 0 Å². The van der Waals surface area contributed by atoms with Gasteiger partial charge >= 0.3 is 0 Å². The molecule has 0 aromatic heterocycles. The topological polar surface area (TPSA) is 50.7 Å². The molecule has 0 aliphatic heterocycles. The Balaban J connectivity index is 2.36. The van der Waals surface area contributed by atoms with Crippen LogP contribution in [0.5, 0.6) is 5.75 Å². The molecule has 0 saturated heterocycles. The van der Waals surface area contributed by atoms with E-state index in [-0.39, 0.29) is 13.2 Å². The van der Waals surface area contributed by atoms with Crippen molar-refractivity contribution < 1.29 is 14.7 Å². The van der Waals surface area contributed by atoms with Gasteiger partial charge in [-0.3, -0.25) is 0 Å². The summed E-state index contributed by atoms with van der Waals surface area (Å²) in [6, 6.07) is 4.92. The second-order valence-electron chi connectivity index (χ2n) is 3.32. The van der Waals surface area contributed by atoms with E-state index in [1.165, 1.54) is 0 Å². The van der Waals surface area contributed by atoms with Gasteiger partial charge in [0.2, 0.25) is 0 Å². The molecular formula is C11H15Cl2NO3. The molecule has 0 fully saturated rings. The second-order valence-corrected chi connectivity index (χ2v) is 4.16. The number of halogens is 2. The van der Waals surface area contributed by atoms with Gasteiger partial charge in [-0.2, -0.15) is 5.48 Å². The van der Waals surface area contributed by atoms with Crippen LogP contribution >= 0.6 is 23.2 Å². The molecule has 0 bridgehead atoms. The van der Waals surface area contributed by atoms with Crippen molar-refractivity contribution in [2.75, 3.05) is 19.8 Å². The number of benzene rings is 1. The summed E-state index contributed by atoms with van der Waals surface area (Å²) in [5.41, 5.74) is 2.61. The molecule has 0 spiro atoms. The van der Waals surface area contributed by atoms with Crippen molar-refractivity contribution in [1.29, 1.82) is 0 Å². The zero-order valence-electron chi connectivity index (χ0n) is 9.45. The Morgan fingerprint density at radius 1 is 1.41 bits per heavy atom. The van der Waals surface area contributed by atoms with Crippen LogP contribution in [0.25, 0.3) is 0 Å². The van der Waals surface area contributed by atoms with Crippen LogP contribution in [0.4, 0.5) is 0 Å². The van der Waals surface area contributed by atoms with E-state index in [2.05, 4.69) is 5.48 Å². The molecule has 1 atom stereocenters. The average molecular weight is 280 g/mol. The highest BCUT2D eigenvalue weighted by Crippen LogP contribution is 2.27. The van der Waals surface area contributed by atoms with Crippen LogP contribution in [0.1, 0.15) is 6.92 Å². The lowest BCUT2D eigenvalue weighted by atomic mass is 10.3. The minimum Gasteiger partial charge on any atom is -0.489 e. The largest absolute Gasteiger partial charge is 0.489 e. The molecule has 4 nitrogen and oxygen atoms in total. The lowest BCUT2D eigenvalue weighted by molar-refractivity contribution is 0.00951. The maximum atomic E-state index is 9.55. The zero-order valence-corrected chi connectivity index (χ0v) is 11.0. The van der Waals surface area contributed by atoms with E-state index in [0.717, 1.165) is 0 Å². The predicted molar refractivity (Wildman–Crippen MR) is 67.6 cm³/mol. The van der Waals surface area contributed by atoms with Gasteiger partial charge in [-0.05, 0) is 19.1 Å². The van der Waals surface area contributed by atoms with E-state index >= 15 is 0 Å². The minimum atomic E-state index is -0.684. The fourth-order valence-corrected chi connectivity index (χ4v) is 1.42. The molecule has 2 N–H and O–H groups in total. The minimum absolute atomic E-state index is 0.111. The van der Waals surface area contributed by atoms with E-state index in [9.17, 15) is 5.11 Å². The summed E-state index contributed by atoms with van der Waals surface area (Å²) in [5, 5.41) is 10.5. The normalized spacial score (nSPS) is 12.5. The molecule has 0 heterocycles. The van der Waals surface area contributed by atoms with Crippen LogP contribution in [-0.4, -0.2) is 31.0 Å². The van der Waals surface area contributed by atoms with E-state index in [0.29, 0.717) is 22.4 Å². The fourth-order valence-electron chi connectivity index (χ4n) is 1.09. The predicted octanol–water partition coefficient (Wildman–Crippen LogP) is 2.27. The van der Waals surface area contributed by atoms with Gasteiger partial charge in [-0.25, -0.2) is 0 Å². The summed E-state index contributed by atoms with van der Waals surface area (Å²) in [7, 11) is 0. The van der Waals surface area contributed by atoms with E-state index in [4.69, 9.17) is 32.8 Å². The molecule has 6 heteroatoms. The first-order valence-corrected chi connectivity index (χ1v) is 5.99. The Labute approximate surface area is 110 Å². The lowest BCUT2D eigenvalue weighted by Crippen LogP contribution is -2.31. The van der Waals surface area contributed by atoms with Gasteiger partial charge in [-0.15, -0.1) is 0 Å². The van der Waals surface area contributed by atoms with Crippen LogP contribution in [-0.2, 0) is 4.84 Å². The molecule has 0 aliphatic rings. The van der Waals surface area contributed by atoms with E-state index < -0.39 is 6.10 Å². The number of aliphatic hydroxyl groups is 1. The third kappa shape index (κ3) is 5.57. The number of ether oxygens (including phenoxy) is 1. The molecule has 0 radical (unpaired) electrons. The van der Waals surface area contributed by atoms with Gasteiger partial charge in [0.1, 0.15) is 18.5 Å². The third-order valence-electron chi connectivity index (χ3n) is 1.89. The molecule has 0 saturated carbocycles. The Morgan fingerprint density at radius 2 is 2.18 bits per heavy atom. The van der Waals surface area contributed by atoms with Crippen LogP contribution in [0.15, 0.2) is 18.2 Å². The molecule has 17 heavy (non-hydrogen) atoms. The third-order valence-corrected chi connectivity index (χ3v) is 2.44. The smallest absolute Gasteiger partial charge is 0.139 e. The monoisotopic (exact) mass is 279 g/mol. The van der Waals surface area contributed by atoms with Gasteiger partial charge in [0, 0.05) is 11.1 Å². The van der Waals surface area contributed by atoms with Crippen molar-refractivity contribution in [1.82, 2.24) is 5.48 Å². The highest BCUT2D eigenvalue weighted by molar-refractivity contribution is 6.34. The summed E-state index contributed by atoms with van der Waals surface area (Å²) < 4.78 is 5.35. The molecule has 1 unspecified atom stereocenters. The molecule has 1 rings (SSSR count). The Kier molecular flexibility index (Phi) is 6.62. The zero-order chi connectivity index (χ0) is 12.7. The lowest BCUT2D eigenvalue weighted by Gasteiger charge is -2.13. The first-order valence-electron chi connectivity index (χ1n) is 5.24. The molecule has 0 aliphatic carbocycles. The number of nitrogens with one attached hydrogen (secondary N) is 1. The van der Waals surface area contributed by atoms with Crippen LogP contribution < -0.4 is 10.2 Å². The van der Waals surface area contributed by atoms with Crippen molar-refractivity contribution in [3.8, 4) is 5.75 Å². The number of hydrogen-bond donors (Lipinski definition) is 2. The van der Waals surface area contributed by atoms with Gasteiger partial charge in [0.25, 0.3) is 0 Å². The van der Waals surface area contributed by atoms with Crippen LogP contribution in [0, 0.1) is 0 Å². The van der Waals surface area contributed by atoms with Gasteiger partial charge in [0.05, 0.1) is 18.2 Å². The molecule has 1 aromatic carbocycles. The maximum Gasteiger partial charge on any atom is 0.139 e. The van der Waals surface area contributed by atoms with Gasteiger partial charge < -0.3 is 14.7 Å². The van der Waals surface area contributed by atoms with Crippen LogP contribution in [0.3, 0.4) is 0 Å². The highest BCUT2D eigenvalue weighted by atomic mass is 35.5. The highest BCUT2D eigenvalue weighted by Gasteiger charge is 2.07. The van der Waals surface area contributed by atoms with Crippen LogP contribution in [0.2, 0.25) is 10.0 Å². The molecule has 96 valence electrons. The summed E-state index contributed by atoms with van der Waals surface area (Å²) in [6.45, 7) is 2.78. The Hall–Kier alpha value is -0.520. The second kappa shape index (κ2) is 7.74. The Morgan fingerprint density at radius 3 is 2.88 bits per heavy atom. The molecule has 1 aromatic rings. The van der Waals surface area contributed by atoms with Crippen molar-refractivity contribution >= 4 is 23.2 Å². The number of hydroxylamine groups is 1. The molecule has 0 amide bonds. The summed E-state index contributed by atoms with van der Waals surface area (Å²) in [4.78, 5) is 4.89.